The molecule has 0 saturated carbocycles. The fraction of sp³-hybridized carbons (Fsp3) is 0.400. The third-order valence-electron chi connectivity index (χ3n) is 1.93. The number of hydrogen-bond donors (Lipinski definition) is 1. The minimum atomic E-state index is 1.11. The third-order valence-corrected chi connectivity index (χ3v) is 1.93. The summed E-state index contributed by atoms with van der Waals surface area (Å²) < 4.78 is 0. The van der Waals surface area contributed by atoms with E-state index in [1.807, 2.05) is 6.92 Å². The molecule has 0 fully saturated rings. The lowest BCUT2D eigenvalue weighted by Crippen LogP contribution is -1.83. The Hall–Kier alpha value is -0.980. The average molecular weight is 149 g/mol. The van der Waals surface area contributed by atoms with Crippen molar-refractivity contribution in [3.63, 3.8) is 0 Å². The Labute approximate surface area is 68.1 Å². The zero-order chi connectivity index (χ0) is 8.27. The van der Waals surface area contributed by atoms with Gasteiger partial charge in [-0.2, -0.15) is 0 Å². The molecule has 0 aromatic carbocycles. The van der Waals surface area contributed by atoms with Crippen molar-refractivity contribution >= 4 is 6.08 Å². The van der Waals surface area contributed by atoms with Gasteiger partial charge in [-0.1, -0.05) is 13.0 Å². The van der Waals surface area contributed by atoms with Gasteiger partial charge in [-0.25, -0.2) is 0 Å². The van der Waals surface area contributed by atoms with Gasteiger partial charge in [0.05, 0.1) is 0 Å². The summed E-state index contributed by atoms with van der Waals surface area (Å²) in [6.07, 6.45) is 7.35. The molecular formula is C10H15N. The molecule has 0 atom stereocenters. The van der Waals surface area contributed by atoms with Gasteiger partial charge in [0.2, 0.25) is 0 Å². The summed E-state index contributed by atoms with van der Waals surface area (Å²) in [6.45, 7) is 6.36. The highest BCUT2D eigenvalue weighted by molar-refractivity contribution is 5.51. The van der Waals surface area contributed by atoms with Crippen LogP contribution in [0.4, 0.5) is 0 Å². The number of aromatic amines is 1. The molecule has 1 rings (SSSR count). The van der Waals surface area contributed by atoms with Crippen LogP contribution in [0.2, 0.25) is 0 Å². The number of nitrogens with one attached hydrogen (secondary N) is 1. The summed E-state index contributed by atoms with van der Waals surface area (Å²) in [4.78, 5) is 3.24. The standard InChI is InChI=1S/C10H15N/c1-4-6-10-9(5-2)8(3)7-11-10/h4,6-7,11H,5H2,1-3H3/b6-4-. The number of rotatable bonds is 2. The van der Waals surface area contributed by atoms with E-state index in [0.717, 1.165) is 6.42 Å². The summed E-state index contributed by atoms with van der Waals surface area (Å²) in [5.41, 5.74) is 4.05. The molecule has 1 aromatic heterocycles. The fourth-order valence-corrected chi connectivity index (χ4v) is 1.36. The molecule has 11 heavy (non-hydrogen) atoms. The minimum Gasteiger partial charge on any atom is -0.361 e. The lowest BCUT2D eigenvalue weighted by Gasteiger charge is -1.95. The van der Waals surface area contributed by atoms with E-state index in [0.29, 0.717) is 0 Å². The van der Waals surface area contributed by atoms with Crippen molar-refractivity contribution in [2.75, 3.05) is 0 Å². The lowest BCUT2D eigenvalue weighted by molar-refractivity contribution is 1.11. The molecule has 60 valence electrons. The maximum absolute atomic E-state index is 3.24. The number of aromatic nitrogens is 1. The van der Waals surface area contributed by atoms with E-state index in [4.69, 9.17) is 0 Å². The van der Waals surface area contributed by atoms with Crippen LogP contribution in [-0.2, 0) is 6.42 Å². The SMILES string of the molecule is C/C=C\c1[nH]cc(C)c1CC. The second-order valence-corrected chi connectivity index (χ2v) is 2.72. The van der Waals surface area contributed by atoms with E-state index in [1.54, 1.807) is 0 Å². The van der Waals surface area contributed by atoms with Gasteiger partial charge in [0.1, 0.15) is 0 Å². The van der Waals surface area contributed by atoms with Crippen LogP contribution in [0.5, 0.6) is 0 Å². The van der Waals surface area contributed by atoms with Gasteiger partial charge in [-0.15, -0.1) is 0 Å². The van der Waals surface area contributed by atoms with Crippen molar-refractivity contribution in [2.24, 2.45) is 0 Å². The van der Waals surface area contributed by atoms with Crippen molar-refractivity contribution in [2.45, 2.75) is 27.2 Å². The molecule has 1 N–H and O–H groups in total. The van der Waals surface area contributed by atoms with E-state index in [2.05, 4.69) is 37.2 Å². The molecule has 0 aliphatic carbocycles. The van der Waals surface area contributed by atoms with Crippen LogP contribution >= 0.6 is 0 Å². The van der Waals surface area contributed by atoms with Gasteiger partial charge in [-0.3, -0.25) is 0 Å². The zero-order valence-corrected chi connectivity index (χ0v) is 7.44. The number of H-pyrrole nitrogens is 1. The minimum absolute atomic E-state index is 1.11. The monoisotopic (exact) mass is 149 g/mol. The van der Waals surface area contributed by atoms with Gasteiger partial charge < -0.3 is 4.98 Å². The van der Waals surface area contributed by atoms with Crippen LogP contribution < -0.4 is 0 Å². The van der Waals surface area contributed by atoms with E-state index >= 15 is 0 Å². The summed E-state index contributed by atoms with van der Waals surface area (Å²) in [5, 5.41) is 0. The van der Waals surface area contributed by atoms with E-state index in [1.165, 1.54) is 16.8 Å². The zero-order valence-electron chi connectivity index (χ0n) is 7.44. The van der Waals surface area contributed by atoms with Gasteiger partial charge in [-0.05, 0) is 37.5 Å². The van der Waals surface area contributed by atoms with E-state index < -0.39 is 0 Å². The Morgan fingerprint density at radius 2 is 2.27 bits per heavy atom. The fourth-order valence-electron chi connectivity index (χ4n) is 1.36. The molecule has 0 bridgehead atoms. The Kier molecular flexibility index (Phi) is 2.53. The highest BCUT2D eigenvalue weighted by atomic mass is 14.7. The average Bonchev–Trinajstić information content (AvgIpc) is 2.33. The maximum Gasteiger partial charge on any atom is 0.0412 e. The van der Waals surface area contributed by atoms with Crippen molar-refractivity contribution in [1.82, 2.24) is 4.98 Å². The van der Waals surface area contributed by atoms with Crippen LogP contribution in [0.25, 0.3) is 6.08 Å². The van der Waals surface area contributed by atoms with E-state index in [-0.39, 0.29) is 0 Å². The number of allylic oxidation sites excluding steroid dienone is 1. The topological polar surface area (TPSA) is 15.8 Å². The molecule has 0 saturated heterocycles. The molecule has 1 nitrogen and oxygen atoms in total. The molecule has 0 amide bonds. The summed E-state index contributed by atoms with van der Waals surface area (Å²) in [6, 6.07) is 0. The Balaban J connectivity index is 3.05. The largest absolute Gasteiger partial charge is 0.361 e. The molecule has 1 heteroatoms. The number of aryl methyl sites for hydroxylation is 1. The lowest BCUT2D eigenvalue weighted by atomic mass is 10.1. The third kappa shape index (κ3) is 1.53. The van der Waals surface area contributed by atoms with Crippen molar-refractivity contribution in [3.05, 3.63) is 29.1 Å². The highest BCUT2D eigenvalue weighted by Gasteiger charge is 2.01. The first kappa shape index (κ1) is 8.12. The van der Waals surface area contributed by atoms with Gasteiger partial charge in [0, 0.05) is 11.9 Å². The first-order valence-corrected chi connectivity index (χ1v) is 4.09. The van der Waals surface area contributed by atoms with Crippen molar-refractivity contribution in [1.29, 1.82) is 0 Å². The van der Waals surface area contributed by atoms with E-state index in [9.17, 15) is 0 Å². The Bertz CT molecular complexity index is 256. The molecule has 1 heterocycles. The number of hydrogen-bond acceptors (Lipinski definition) is 0. The van der Waals surface area contributed by atoms with Crippen molar-refractivity contribution < 1.29 is 0 Å². The molecule has 0 radical (unpaired) electrons. The Morgan fingerprint density at radius 1 is 1.55 bits per heavy atom. The van der Waals surface area contributed by atoms with Crippen LogP contribution in [-0.4, -0.2) is 4.98 Å². The molecule has 0 aliphatic rings. The van der Waals surface area contributed by atoms with Crippen LogP contribution in [0.15, 0.2) is 12.3 Å². The highest BCUT2D eigenvalue weighted by Crippen LogP contribution is 2.14. The molecule has 0 aliphatic heterocycles. The first-order chi connectivity index (χ1) is 5.29. The quantitative estimate of drug-likeness (QED) is 0.665. The predicted molar refractivity (Wildman–Crippen MR) is 49.6 cm³/mol. The van der Waals surface area contributed by atoms with Crippen molar-refractivity contribution in [3.8, 4) is 0 Å². The summed E-state index contributed by atoms with van der Waals surface area (Å²) in [7, 11) is 0. The molecular weight excluding hydrogens is 134 g/mol. The smallest absolute Gasteiger partial charge is 0.0412 e. The summed E-state index contributed by atoms with van der Waals surface area (Å²) >= 11 is 0. The first-order valence-electron chi connectivity index (χ1n) is 4.09. The summed E-state index contributed by atoms with van der Waals surface area (Å²) in [5.74, 6) is 0. The molecule has 0 unspecified atom stereocenters. The van der Waals surface area contributed by atoms with Crippen LogP contribution in [0.1, 0.15) is 30.7 Å². The second kappa shape index (κ2) is 3.42. The second-order valence-electron chi connectivity index (χ2n) is 2.72. The maximum atomic E-state index is 3.24. The van der Waals surface area contributed by atoms with Gasteiger partial charge in [0.25, 0.3) is 0 Å². The predicted octanol–water partition coefficient (Wildman–Crippen LogP) is 2.92. The molecule has 0 spiro atoms. The van der Waals surface area contributed by atoms with Crippen LogP contribution in [0.3, 0.4) is 0 Å². The van der Waals surface area contributed by atoms with Gasteiger partial charge in [0.15, 0.2) is 0 Å². The normalized spacial score (nSPS) is 11.2. The van der Waals surface area contributed by atoms with Gasteiger partial charge >= 0.3 is 0 Å². The molecule has 1 aromatic rings. The van der Waals surface area contributed by atoms with Crippen LogP contribution in [0, 0.1) is 6.92 Å². The Morgan fingerprint density at radius 3 is 2.82 bits per heavy atom.